The van der Waals surface area contributed by atoms with Crippen molar-refractivity contribution in [1.29, 1.82) is 0 Å². The Labute approximate surface area is 130 Å². The summed E-state index contributed by atoms with van der Waals surface area (Å²) < 4.78 is 2.19. The molecule has 0 radical (unpaired) electrons. The second kappa shape index (κ2) is 5.41. The molecule has 3 atom stereocenters. The van der Waals surface area contributed by atoms with Crippen LogP contribution in [0.25, 0.3) is 11.0 Å². The normalized spacial score (nSPS) is 26.7. The standard InChI is InChI=1S/C18H23N3O/c1-12-20-16-4-2-3-5-17(16)21(12)9-8-19-18(22)15-11-13-6-7-14(15)10-13/h2-5,13-15H,6-11H2,1H3,(H,19,22). The first-order valence-corrected chi connectivity index (χ1v) is 8.42. The van der Waals surface area contributed by atoms with Gasteiger partial charge in [-0.2, -0.15) is 0 Å². The summed E-state index contributed by atoms with van der Waals surface area (Å²) in [4.78, 5) is 16.9. The zero-order valence-electron chi connectivity index (χ0n) is 13.1. The Kier molecular flexibility index (Phi) is 3.40. The van der Waals surface area contributed by atoms with E-state index in [1.165, 1.54) is 19.3 Å². The van der Waals surface area contributed by atoms with Gasteiger partial charge in [0.1, 0.15) is 5.82 Å². The predicted molar refractivity (Wildman–Crippen MR) is 86.4 cm³/mol. The number of hydrogen-bond acceptors (Lipinski definition) is 2. The summed E-state index contributed by atoms with van der Waals surface area (Å²) in [7, 11) is 0. The van der Waals surface area contributed by atoms with Gasteiger partial charge >= 0.3 is 0 Å². The summed E-state index contributed by atoms with van der Waals surface area (Å²) in [5, 5.41) is 3.15. The minimum Gasteiger partial charge on any atom is -0.354 e. The molecule has 1 N–H and O–H groups in total. The molecule has 2 aliphatic carbocycles. The van der Waals surface area contributed by atoms with E-state index in [1.807, 2.05) is 25.1 Å². The summed E-state index contributed by atoms with van der Waals surface area (Å²) in [6.07, 6.45) is 5.00. The number of hydrogen-bond donors (Lipinski definition) is 1. The summed E-state index contributed by atoms with van der Waals surface area (Å²) in [5.74, 6) is 3.03. The van der Waals surface area contributed by atoms with Crippen molar-refractivity contribution in [3.05, 3.63) is 30.1 Å². The van der Waals surface area contributed by atoms with Crippen molar-refractivity contribution in [2.75, 3.05) is 6.54 Å². The number of fused-ring (bicyclic) bond motifs is 3. The summed E-state index contributed by atoms with van der Waals surface area (Å²) in [5.41, 5.74) is 2.17. The molecule has 2 saturated carbocycles. The van der Waals surface area contributed by atoms with Crippen LogP contribution < -0.4 is 5.32 Å². The van der Waals surface area contributed by atoms with Crippen molar-refractivity contribution in [2.45, 2.75) is 39.2 Å². The van der Waals surface area contributed by atoms with E-state index in [0.29, 0.717) is 12.5 Å². The van der Waals surface area contributed by atoms with Crippen molar-refractivity contribution in [3.8, 4) is 0 Å². The van der Waals surface area contributed by atoms with E-state index in [0.717, 1.165) is 35.7 Å². The predicted octanol–water partition coefficient (Wildman–Crippen LogP) is 2.90. The average Bonchev–Trinajstić information content (AvgIpc) is 3.21. The van der Waals surface area contributed by atoms with Crippen LogP contribution in [-0.4, -0.2) is 22.0 Å². The number of para-hydroxylation sites is 2. The maximum atomic E-state index is 12.4. The van der Waals surface area contributed by atoms with Crippen molar-refractivity contribution in [1.82, 2.24) is 14.9 Å². The highest BCUT2D eigenvalue weighted by atomic mass is 16.1. The molecule has 1 heterocycles. The number of aromatic nitrogens is 2. The summed E-state index contributed by atoms with van der Waals surface area (Å²) in [6.45, 7) is 3.50. The Morgan fingerprint density at radius 2 is 2.18 bits per heavy atom. The molecule has 1 amide bonds. The lowest BCUT2D eigenvalue weighted by Gasteiger charge is -2.21. The second-order valence-electron chi connectivity index (χ2n) is 6.87. The highest BCUT2D eigenvalue weighted by Crippen LogP contribution is 2.48. The third-order valence-electron chi connectivity index (χ3n) is 5.55. The van der Waals surface area contributed by atoms with Crippen LogP contribution in [0.3, 0.4) is 0 Å². The molecule has 1 aromatic heterocycles. The van der Waals surface area contributed by atoms with Crippen molar-refractivity contribution in [3.63, 3.8) is 0 Å². The van der Waals surface area contributed by atoms with E-state index in [4.69, 9.17) is 0 Å². The van der Waals surface area contributed by atoms with E-state index in [9.17, 15) is 4.79 Å². The molecule has 0 aliphatic heterocycles. The van der Waals surface area contributed by atoms with Crippen LogP contribution in [0.1, 0.15) is 31.5 Å². The second-order valence-corrected chi connectivity index (χ2v) is 6.87. The molecular formula is C18H23N3O. The minimum absolute atomic E-state index is 0.272. The lowest BCUT2D eigenvalue weighted by molar-refractivity contribution is -0.126. The lowest BCUT2D eigenvalue weighted by atomic mass is 9.88. The Hall–Kier alpha value is -1.84. The van der Waals surface area contributed by atoms with Crippen molar-refractivity contribution in [2.24, 2.45) is 17.8 Å². The van der Waals surface area contributed by atoms with Crippen molar-refractivity contribution >= 4 is 16.9 Å². The molecule has 22 heavy (non-hydrogen) atoms. The molecule has 4 rings (SSSR count). The SMILES string of the molecule is Cc1nc2ccccc2n1CCNC(=O)C1CC2CCC1C2. The highest BCUT2D eigenvalue weighted by molar-refractivity contribution is 5.79. The fourth-order valence-corrected chi connectivity index (χ4v) is 4.47. The maximum Gasteiger partial charge on any atom is 0.223 e. The van der Waals surface area contributed by atoms with Crippen LogP contribution in [0.15, 0.2) is 24.3 Å². The van der Waals surface area contributed by atoms with Gasteiger partial charge in [0, 0.05) is 19.0 Å². The van der Waals surface area contributed by atoms with Gasteiger partial charge in [0.2, 0.25) is 5.91 Å². The van der Waals surface area contributed by atoms with Gasteiger partial charge in [-0.05, 0) is 50.2 Å². The zero-order valence-corrected chi connectivity index (χ0v) is 13.1. The molecule has 1 aromatic carbocycles. The number of rotatable bonds is 4. The molecule has 2 aromatic rings. The number of nitrogens with one attached hydrogen (secondary N) is 1. The highest BCUT2D eigenvalue weighted by Gasteiger charge is 2.42. The Bertz CT molecular complexity index is 705. The van der Waals surface area contributed by atoms with Crippen LogP contribution in [0.5, 0.6) is 0 Å². The van der Waals surface area contributed by atoms with E-state index < -0.39 is 0 Å². The molecule has 4 nitrogen and oxygen atoms in total. The Morgan fingerprint density at radius 3 is 2.95 bits per heavy atom. The molecule has 3 unspecified atom stereocenters. The topological polar surface area (TPSA) is 46.9 Å². The number of carbonyl (C=O) groups is 1. The number of aryl methyl sites for hydroxylation is 1. The smallest absolute Gasteiger partial charge is 0.223 e. The maximum absolute atomic E-state index is 12.4. The quantitative estimate of drug-likeness (QED) is 0.943. The largest absolute Gasteiger partial charge is 0.354 e. The number of benzene rings is 1. The molecule has 2 bridgehead atoms. The van der Waals surface area contributed by atoms with Gasteiger partial charge in [-0.1, -0.05) is 18.6 Å². The first kappa shape index (κ1) is 13.8. The fourth-order valence-electron chi connectivity index (χ4n) is 4.47. The molecule has 2 fully saturated rings. The van der Waals surface area contributed by atoms with Gasteiger partial charge in [0.05, 0.1) is 11.0 Å². The number of imidazole rings is 1. The van der Waals surface area contributed by atoms with E-state index >= 15 is 0 Å². The summed E-state index contributed by atoms with van der Waals surface area (Å²) >= 11 is 0. The van der Waals surface area contributed by atoms with Gasteiger partial charge in [0.15, 0.2) is 0 Å². The van der Waals surface area contributed by atoms with E-state index in [1.54, 1.807) is 0 Å². The van der Waals surface area contributed by atoms with Crippen LogP contribution in [0, 0.1) is 24.7 Å². The average molecular weight is 297 g/mol. The summed E-state index contributed by atoms with van der Waals surface area (Å²) in [6, 6.07) is 8.17. The first-order valence-electron chi connectivity index (χ1n) is 8.42. The molecular weight excluding hydrogens is 274 g/mol. The van der Waals surface area contributed by atoms with E-state index in [2.05, 4.69) is 20.9 Å². The Morgan fingerprint density at radius 1 is 1.32 bits per heavy atom. The van der Waals surface area contributed by atoms with Gasteiger partial charge < -0.3 is 9.88 Å². The molecule has 4 heteroatoms. The van der Waals surface area contributed by atoms with Crippen LogP contribution in [0.4, 0.5) is 0 Å². The van der Waals surface area contributed by atoms with Crippen LogP contribution >= 0.6 is 0 Å². The molecule has 0 saturated heterocycles. The zero-order chi connectivity index (χ0) is 15.1. The van der Waals surface area contributed by atoms with Gasteiger partial charge in [-0.3, -0.25) is 4.79 Å². The first-order chi connectivity index (χ1) is 10.7. The van der Waals surface area contributed by atoms with Crippen molar-refractivity contribution < 1.29 is 4.79 Å². The van der Waals surface area contributed by atoms with Crippen LogP contribution in [0.2, 0.25) is 0 Å². The number of nitrogens with zero attached hydrogens (tertiary/aromatic N) is 2. The van der Waals surface area contributed by atoms with Gasteiger partial charge in [-0.25, -0.2) is 4.98 Å². The number of carbonyl (C=O) groups excluding carboxylic acids is 1. The third-order valence-corrected chi connectivity index (χ3v) is 5.55. The minimum atomic E-state index is 0.272. The number of amides is 1. The Balaban J connectivity index is 1.38. The third kappa shape index (κ3) is 2.31. The molecule has 2 aliphatic rings. The molecule has 0 spiro atoms. The fraction of sp³-hybridized carbons (Fsp3) is 0.556. The molecule has 116 valence electrons. The van der Waals surface area contributed by atoms with Gasteiger partial charge in [0.25, 0.3) is 0 Å². The monoisotopic (exact) mass is 297 g/mol. The van der Waals surface area contributed by atoms with Gasteiger partial charge in [-0.15, -0.1) is 0 Å². The van der Waals surface area contributed by atoms with Crippen LogP contribution in [-0.2, 0) is 11.3 Å². The van der Waals surface area contributed by atoms with E-state index in [-0.39, 0.29) is 11.8 Å². The lowest BCUT2D eigenvalue weighted by Crippen LogP contribution is -2.35.